The van der Waals surface area contributed by atoms with Crippen molar-refractivity contribution in [1.82, 2.24) is 10.2 Å². The van der Waals surface area contributed by atoms with Crippen LogP contribution >= 0.6 is 27.3 Å². The SMILES string of the molecule is Brc1nnc(NCCC2CCCCO2)s1. The minimum atomic E-state index is 0.433. The number of aromatic nitrogens is 2. The van der Waals surface area contributed by atoms with E-state index in [0.29, 0.717) is 6.10 Å². The summed E-state index contributed by atoms with van der Waals surface area (Å²) in [5, 5.41) is 12.0. The monoisotopic (exact) mass is 291 g/mol. The molecule has 1 aromatic heterocycles. The predicted molar refractivity (Wildman–Crippen MR) is 64.3 cm³/mol. The lowest BCUT2D eigenvalue weighted by atomic mass is 10.1. The molecule has 1 N–H and O–H groups in total. The number of nitrogens with zero attached hydrogens (tertiary/aromatic N) is 2. The van der Waals surface area contributed by atoms with E-state index in [4.69, 9.17) is 4.74 Å². The van der Waals surface area contributed by atoms with Crippen LogP contribution in [0, 0.1) is 0 Å². The van der Waals surface area contributed by atoms with Crippen LogP contribution in [-0.4, -0.2) is 29.5 Å². The van der Waals surface area contributed by atoms with Gasteiger partial charge in [-0.15, -0.1) is 10.2 Å². The zero-order valence-corrected chi connectivity index (χ0v) is 10.8. The van der Waals surface area contributed by atoms with Crippen LogP contribution in [0.1, 0.15) is 25.7 Å². The van der Waals surface area contributed by atoms with Crippen molar-refractivity contribution in [3.8, 4) is 0 Å². The van der Waals surface area contributed by atoms with Crippen LogP contribution in [0.2, 0.25) is 0 Å². The second-order valence-electron chi connectivity index (χ2n) is 3.56. The Morgan fingerprint density at radius 1 is 1.47 bits per heavy atom. The van der Waals surface area contributed by atoms with Gasteiger partial charge < -0.3 is 10.1 Å². The summed E-state index contributed by atoms with van der Waals surface area (Å²) in [6, 6.07) is 0. The molecule has 84 valence electrons. The first kappa shape index (κ1) is 11.3. The maximum absolute atomic E-state index is 5.64. The highest BCUT2D eigenvalue weighted by Gasteiger charge is 2.13. The maximum atomic E-state index is 5.64. The molecular weight excluding hydrogens is 278 g/mol. The van der Waals surface area contributed by atoms with Crippen LogP contribution in [0.3, 0.4) is 0 Å². The first-order chi connectivity index (χ1) is 7.34. The summed E-state index contributed by atoms with van der Waals surface area (Å²) in [5.74, 6) is 0. The summed E-state index contributed by atoms with van der Waals surface area (Å²) in [4.78, 5) is 0. The highest BCUT2D eigenvalue weighted by atomic mass is 79.9. The Morgan fingerprint density at radius 3 is 3.07 bits per heavy atom. The van der Waals surface area contributed by atoms with Crippen LogP contribution in [-0.2, 0) is 4.74 Å². The maximum Gasteiger partial charge on any atom is 0.206 e. The fourth-order valence-electron chi connectivity index (χ4n) is 1.65. The number of anilines is 1. The zero-order valence-electron chi connectivity index (χ0n) is 8.41. The Bertz CT molecular complexity index is 301. The van der Waals surface area contributed by atoms with E-state index in [-0.39, 0.29) is 0 Å². The van der Waals surface area contributed by atoms with Gasteiger partial charge in [-0.05, 0) is 41.6 Å². The van der Waals surface area contributed by atoms with Crippen molar-refractivity contribution in [2.75, 3.05) is 18.5 Å². The number of hydrogen-bond acceptors (Lipinski definition) is 5. The molecule has 0 saturated carbocycles. The van der Waals surface area contributed by atoms with E-state index >= 15 is 0 Å². The number of hydrogen-bond donors (Lipinski definition) is 1. The van der Waals surface area contributed by atoms with E-state index in [2.05, 4.69) is 31.4 Å². The minimum absolute atomic E-state index is 0.433. The van der Waals surface area contributed by atoms with Crippen LogP contribution < -0.4 is 5.32 Å². The molecule has 1 atom stereocenters. The molecular formula is C9H14BrN3OS. The molecule has 0 spiro atoms. The molecule has 1 aliphatic rings. The third kappa shape index (κ3) is 3.70. The van der Waals surface area contributed by atoms with E-state index < -0.39 is 0 Å². The second kappa shape index (κ2) is 5.77. The lowest BCUT2D eigenvalue weighted by Gasteiger charge is -2.22. The van der Waals surface area contributed by atoms with Crippen molar-refractivity contribution >= 4 is 32.4 Å². The van der Waals surface area contributed by atoms with Gasteiger partial charge in [-0.2, -0.15) is 0 Å². The van der Waals surface area contributed by atoms with Crippen LogP contribution in [0.25, 0.3) is 0 Å². The fraction of sp³-hybridized carbons (Fsp3) is 0.778. The molecule has 0 aromatic carbocycles. The summed E-state index contributed by atoms with van der Waals surface area (Å²) in [6.07, 6.45) is 5.20. The van der Waals surface area contributed by atoms with Gasteiger partial charge >= 0.3 is 0 Å². The quantitative estimate of drug-likeness (QED) is 0.927. The van der Waals surface area contributed by atoms with E-state index in [9.17, 15) is 0 Å². The third-order valence-corrected chi connectivity index (χ3v) is 3.73. The molecule has 2 heterocycles. The number of ether oxygens (including phenoxy) is 1. The largest absolute Gasteiger partial charge is 0.378 e. The average molecular weight is 292 g/mol. The highest BCUT2D eigenvalue weighted by molar-refractivity contribution is 9.11. The molecule has 0 aliphatic carbocycles. The number of halogens is 1. The molecule has 1 unspecified atom stereocenters. The summed E-state index contributed by atoms with van der Waals surface area (Å²) in [7, 11) is 0. The van der Waals surface area contributed by atoms with Gasteiger partial charge in [-0.1, -0.05) is 11.3 Å². The van der Waals surface area contributed by atoms with Crippen molar-refractivity contribution in [2.24, 2.45) is 0 Å². The third-order valence-electron chi connectivity index (χ3n) is 2.42. The Kier molecular flexibility index (Phi) is 4.34. The van der Waals surface area contributed by atoms with Crippen molar-refractivity contribution in [3.63, 3.8) is 0 Å². The molecule has 1 saturated heterocycles. The van der Waals surface area contributed by atoms with Crippen molar-refractivity contribution in [1.29, 1.82) is 0 Å². The molecule has 2 rings (SSSR count). The van der Waals surface area contributed by atoms with Gasteiger partial charge in [0.2, 0.25) is 5.13 Å². The standard InChI is InChI=1S/C9H14BrN3OS/c10-8-12-13-9(15-8)11-5-4-7-3-1-2-6-14-7/h7H,1-6H2,(H,11,13). The lowest BCUT2D eigenvalue weighted by molar-refractivity contribution is 0.0134. The first-order valence-corrected chi connectivity index (χ1v) is 6.80. The predicted octanol–water partition coefficient (Wildman–Crippen LogP) is 2.67. The molecule has 6 heteroatoms. The average Bonchev–Trinajstić information content (AvgIpc) is 2.66. The lowest BCUT2D eigenvalue weighted by Crippen LogP contribution is -2.21. The molecule has 4 nitrogen and oxygen atoms in total. The topological polar surface area (TPSA) is 47.0 Å². The van der Waals surface area contributed by atoms with Crippen LogP contribution in [0.4, 0.5) is 5.13 Å². The summed E-state index contributed by atoms with van der Waals surface area (Å²) < 4.78 is 6.46. The second-order valence-corrected chi connectivity index (χ2v) is 5.82. The summed E-state index contributed by atoms with van der Waals surface area (Å²) in [5.41, 5.74) is 0. The van der Waals surface area contributed by atoms with Crippen LogP contribution in [0.15, 0.2) is 3.92 Å². The highest BCUT2D eigenvalue weighted by Crippen LogP contribution is 2.20. The Labute approximate surface area is 102 Å². The molecule has 0 bridgehead atoms. The van der Waals surface area contributed by atoms with Gasteiger partial charge in [-0.25, -0.2) is 0 Å². The fourth-order valence-corrected chi connectivity index (χ4v) is 2.69. The Balaban J connectivity index is 1.65. The molecule has 1 aromatic rings. The van der Waals surface area contributed by atoms with Gasteiger partial charge in [0.1, 0.15) is 0 Å². The molecule has 0 amide bonds. The number of nitrogens with one attached hydrogen (secondary N) is 1. The van der Waals surface area contributed by atoms with Gasteiger partial charge in [0.05, 0.1) is 6.10 Å². The van der Waals surface area contributed by atoms with Gasteiger partial charge in [-0.3, -0.25) is 0 Å². The molecule has 15 heavy (non-hydrogen) atoms. The molecule has 0 radical (unpaired) electrons. The van der Waals surface area contributed by atoms with Crippen molar-refractivity contribution in [2.45, 2.75) is 31.8 Å². The van der Waals surface area contributed by atoms with E-state index in [1.807, 2.05) is 0 Å². The van der Waals surface area contributed by atoms with Gasteiger partial charge in [0.15, 0.2) is 3.92 Å². The van der Waals surface area contributed by atoms with E-state index in [1.54, 1.807) is 0 Å². The normalized spacial score (nSPS) is 21.5. The van der Waals surface area contributed by atoms with E-state index in [1.165, 1.54) is 30.6 Å². The van der Waals surface area contributed by atoms with Crippen molar-refractivity contribution < 1.29 is 4.74 Å². The van der Waals surface area contributed by atoms with E-state index in [0.717, 1.165) is 28.6 Å². The molecule has 1 aliphatic heterocycles. The Hall–Kier alpha value is -0.200. The van der Waals surface area contributed by atoms with Crippen molar-refractivity contribution in [3.05, 3.63) is 3.92 Å². The zero-order chi connectivity index (χ0) is 10.5. The van der Waals surface area contributed by atoms with Gasteiger partial charge in [0.25, 0.3) is 0 Å². The Morgan fingerprint density at radius 2 is 2.40 bits per heavy atom. The molecule has 1 fully saturated rings. The first-order valence-electron chi connectivity index (χ1n) is 5.19. The smallest absolute Gasteiger partial charge is 0.206 e. The summed E-state index contributed by atoms with van der Waals surface area (Å²) >= 11 is 4.80. The van der Waals surface area contributed by atoms with Gasteiger partial charge in [0, 0.05) is 13.2 Å². The number of rotatable bonds is 4. The minimum Gasteiger partial charge on any atom is -0.378 e. The summed E-state index contributed by atoms with van der Waals surface area (Å²) in [6.45, 7) is 1.83. The van der Waals surface area contributed by atoms with Crippen LogP contribution in [0.5, 0.6) is 0 Å².